The number of hydrogen-bond acceptors (Lipinski definition) is 1. The highest BCUT2D eigenvalue weighted by Crippen LogP contribution is 2.16. The summed E-state index contributed by atoms with van der Waals surface area (Å²) in [7, 11) is 0. The Hall–Kier alpha value is -2.15. The Bertz CT molecular complexity index is 499. The lowest BCUT2D eigenvalue weighted by Crippen LogP contribution is -1.87. The van der Waals surface area contributed by atoms with Crippen LogP contribution in [0.15, 0.2) is 66.8 Å². The number of carbonyl (C=O) groups is 1. The minimum Gasteiger partial charge on any atom is -0.298 e. The Kier molecular flexibility index (Phi) is 5.59. The van der Waals surface area contributed by atoms with Crippen molar-refractivity contribution in [1.82, 2.24) is 0 Å². The standard InChI is InChI=1S/C17H18O/c1-4-6-7-15(5-2)12-17(13-18)16-10-8-14(3)9-11-16/h4-13H,2H2,1,3H3/b6-4-,15-7+,17-12+. The Balaban J connectivity index is 3.12. The van der Waals surface area contributed by atoms with Gasteiger partial charge in [-0.1, -0.05) is 60.7 Å². The van der Waals surface area contributed by atoms with Crippen molar-refractivity contribution >= 4 is 11.9 Å². The molecule has 0 atom stereocenters. The Morgan fingerprint density at radius 2 is 1.89 bits per heavy atom. The van der Waals surface area contributed by atoms with E-state index in [1.165, 1.54) is 5.56 Å². The smallest absolute Gasteiger partial charge is 0.150 e. The van der Waals surface area contributed by atoms with Crippen molar-refractivity contribution in [1.29, 1.82) is 0 Å². The molecule has 0 saturated heterocycles. The molecule has 18 heavy (non-hydrogen) atoms. The zero-order valence-electron chi connectivity index (χ0n) is 10.9. The fourth-order valence-electron chi connectivity index (χ4n) is 1.49. The molecule has 0 N–H and O–H groups in total. The minimum atomic E-state index is 0.658. The molecule has 0 aliphatic rings. The van der Waals surface area contributed by atoms with Crippen LogP contribution in [0.4, 0.5) is 0 Å². The molecule has 0 aliphatic carbocycles. The number of allylic oxidation sites excluding steroid dienone is 7. The zero-order chi connectivity index (χ0) is 13.4. The first kappa shape index (κ1) is 13.9. The molecule has 0 radical (unpaired) electrons. The van der Waals surface area contributed by atoms with E-state index in [1.54, 1.807) is 6.08 Å². The summed E-state index contributed by atoms with van der Waals surface area (Å²) < 4.78 is 0. The van der Waals surface area contributed by atoms with Crippen LogP contribution in [0.1, 0.15) is 18.1 Å². The second-order valence-corrected chi connectivity index (χ2v) is 3.98. The maximum absolute atomic E-state index is 11.2. The van der Waals surface area contributed by atoms with Crippen molar-refractivity contribution in [2.24, 2.45) is 0 Å². The van der Waals surface area contributed by atoms with Crippen LogP contribution in [0.5, 0.6) is 0 Å². The Morgan fingerprint density at radius 3 is 2.39 bits per heavy atom. The molecule has 0 saturated carbocycles. The molecule has 0 heterocycles. The maximum atomic E-state index is 11.2. The van der Waals surface area contributed by atoms with Crippen LogP contribution < -0.4 is 0 Å². The summed E-state index contributed by atoms with van der Waals surface area (Å²) in [5.41, 5.74) is 3.67. The molecule has 1 rings (SSSR count). The highest BCUT2D eigenvalue weighted by Gasteiger charge is 2.00. The van der Waals surface area contributed by atoms with Crippen LogP contribution in [-0.2, 0) is 4.79 Å². The molecule has 0 unspecified atom stereocenters. The van der Waals surface area contributed by atoms with E-state index in [9.17, 15) is 4.79 Å². The molecule has 1 aromatic carbocycles. The monoisotopic (exact) mass is 238 g/mol. The summed E-state index contributed by atoms with van der Waals surface area (Å²) in [6.07, 6.45) is 10.2. The minimum absolute atomic E-state index is 0.658. The lowest BCUT2D eigenvalue weighted by Gasteiger charge is -2.02. The van der Waals surface area contributed by atoms with E-state index in [4.69, 9.17) is 0 Å². The van der Waals surface area contributed by atoms with Gasteiger partial charge in [0.1, 0.15) is 0 Å². The molecule has 1 aromatic rings. The highest BCUT2D eigenvalue weighted by molar-refractivity contribution is 6.07. The molecule has 0 spiro atoms. The lowest BCUT2D eigenvalue weighted by atomic mass is 10.0. The van der Waals surface area contributed by atoms with E-state index >= 15 is 0 Å². The van der Waals surface area contributed by atoms with E-state index in [0.29, 0.717) is 5.57 Å². The molecular weight excluding hydrogens is 220 g/mol. The second-order valence-electron chi connectivity index (χ2n) is 3.98. The first-order valence-electron chi connectivity index (χ1n) is 5.90. The highest BCUT2D eigenvalue weighted by atomic mass is 16.1. The number of hydrogen-bond donors (Lipinski definition) is 0. The van der Waals surface area contributed by atoms with Gasteiger partial charge in [-0.15, -0.1) is 0 Å². The summed E-state index contributed by atoms with van der Waals surface area (Å²) in [6.45, 7) is 7.72. The quantitative estimate of drug-likeness (QED) is 0.425. The molecule has 1 heteroatoms. The number of rotatable bonds is 5. The summed E-state index contributed by atoms with van der Waals surface area (Å²) in [5.74, 6) is 0. The fraction of sp³-hybridized carbons (Fsp3) is 0.118. The number of carbonyl (C=O) groups excluding carboxylic acids is 1. The van der Waals surface area contributed by atoms with Gasteiger partial charge in [-0.05, 0) is 31.1 Å². The molecule has 92 valence electrons. The molecule has 0 bridgehead atoms. The van der Waals surface area contributed by atoms with Crippen molar-refractivity contribution < 1.29 is 4.79 Å². The SMILES string of the molecule is C=CC(/C=C(\C=O)c1ccc(C)cc1)=C\C=C/C. The van der Waals surface area contributed by atoms with E-state index in [0.717, 1.165) is 17.4 Å². The van der Waals surface area contributed by atoms with E-state index in [1.807, 2.05) is 62.4 Å². The average molecular weight is 238 g/mol. The van der Waals surface area contributed by atoms with Gasteiger partial charge in [-0.3, -0.25) is 4.79 Å². The first-order valence-corrected chi connectivity index (χ1v) is 5.90. The van der Waals surface area contributed by atoms with Crippen LogP contribution in [0.25, 0.3) is 5.57 Å². The van der Waals surface area contributed by atoms with Crippen LogP contribution >= 0.6 is 0 Å². The van der Waals surface area contributed by atoms with Crippen molar-refractivity contribution in [3.8, 4) is 0 Å². The fourth-order valence-corrected chi connectivity index (χ4v) is 1.49. The van der Waals surface area contributed by atoms with Gasteiger partial charge in [0.15, 0.2) is 6.29 Å². The van der Waals surface area contributed by atoms with Crippen LogP contribution in [-0.4, -0.2) is 6.29 Å². The van der Waals surface area contributed by atoms with Crippen LogP contribution in [0.2, 0.25) is 0 Å². The van der Waals surface area contributed by atoms with Gasteiger partial charge in [0.2, 0.25) is 0 Å². The first-order chi connectivity index (χ1) is 8.71. The molecule has 0 aromatic heterocycles. The average Bonchev–Trinajstić information content (AvgIpc) is 2.40. The van der Waals surface area contributed by atoms with Crippen molar-refractivity contribution in [3.63, 3.8) is 0 Å². The summed E-state index contributed by atoms with van der Waals surface area (Å²) in [4.78, 5) is 11.2. The van der Waals surface area contributed by atoms with Gasteiger partial charge >= 0.3 is 0 Å². The predicted octanol–water partition coefficient (Wildman–Crippen LogP) is 4.27. The van der Waals surface area contributed by atoms with Gasteiger partial charge < -0.3 is 0 Å². The van der Waals surface area contributed by atoms with Gasteiger partial charge in [-0.25, -0.2) is 0 Å². The third kappa shape index (κ3) is 4.02. The summed E-state index contributed by atoms with van der Waals surface area (Å²) in [6, 6.07) is 7.89. The van der Waals surface area contributed by atoms with Gasteiger partial charge in [0.05, 0.1) is 0 Å². The van der Waals surface area contributed by atoms with E-state index < -0.39 is 0 Å². The number of aryl methyl sites for hydroxylation is 1. The van der Waals surface area contributed by atoms with Crippen molar-refractivity contribution in [2.45, 2.75) is 13.8 Å². The topological polar surface area (TPSA) is 17.1 Å². The molecule has 0 amide bonds. The third-order valence-electron chi connectivity index (χ3n) is 2.55. The number of aldehydes is 1. The Labute approximate surface area is 109 Å². The second kappa shape index (κ2) is 7.23. The van der Waals surface area contributed by atoms with E-state index in [2.05, 4.69) is 6.58 Å². The molecule has 0 fully saturated rings. The normalized spacial score (nSPS) is 12.8. The molecule has 1 nitrogen and oxygen atoms in total. The lowest BCUT2D eigenvalue weighted by molar-refractivity contribution is -0.103. The Morgan fingerprint density at radius 1 is 1.22 bits per heavy atom. The van der Waals surface area contributed by atoms with Crippen LogP contribution in [0.3, 0.4) is 0 Å². The van der Waals surface area contributed by atoms with Crippen LogP contribution in [0, 0.1) is 6.92 Å². The molecular formula is C17H18O. The molecule has 0 aliphatic heterocycles. The maximum Gasteiger partial charge on any atom is 0.150 e. The predicted molar refractivity (Wildman–Crippen MR) is 78.3 cm³/mol. The van der Waals surface area contributed by atoms with Crippen molar-refractivity contribution in [2.75, 3.05) is 0 Å². The summed E-state index contributed by atoms with van der Waals surface area (Å²) in [5, 5.41) is 0. The van der Waals surface area contributed by atoms with Gasteiger partial charge in [-0.2, -0.15) is 0 Å². The van der Waals surface area contributed by atoms with Gasteiger partial charge in [0.25, 0.3) is 0 Å². The van der Waals surface area contributed by atoms with Crippen molar-refractivity contribution in [3.05, 3.63) is 77.9 Å². The third-order valence-corrected chi connectivity index (χ3v) is 2.55. The number of benzene rings is 1. The van der Waals surface area contributed by atoms with Gasteiger partial charge in [0, 0.05) is 5.57 Å². The largest absolute Gasteiger partial charge is 0.298 e. The summed E-state index contributed by atoms with van der Waals surface area (Å²) >= 11 is 0. The zero-order valence-corrected chi connectivity index (χ0v) is 10.9. The van der Waals surface area contributed by atoms with E-state index in [-0.39, 0.29) is 0 Å².